The summed E-state index contributed by atoms with van der Waals surface area (Å²) in [5.74, 6) is 0. The molecule has 22 heavy (non-hydrogen) atoms. The fourth-order valence-electron chi connectivity index (χ4n) is 2.74. The van der Waals surface area contributed by atoms with E-state index in [0.717, 1.165) is 38.9 Å². The van der Waals surface area contributed by atoms with Crippen LogP contribution in [0.4, 0.5) is 0 Å². The van der Waals surface area contributed by atoms with Gasteiger partial charge in [-0.3, -0.25) is 0 Å². The first-order valence-corrected chi connectivity index (χ1v) is 8.44. The molecule has 4 heteroatoms. The number of rotatable bonds is 12. The van der Waals surface area contributed by atoms with Gasteiger partial charge in [-0.15, -0.1) is 0 Å². The number of benzene rings is 1. The van der Waals surface area contributed by atoms with E-state index in [1.54, 1.807) is 0 Å². The molecule has 0 amide bonds. The third-order valence-corrected chi connectivity index (χ3v) is 3.70. The molecule has 2 atom stereocenters. The lowest BCUT2D eigenvalue weighted by molar-refractivity contribution is 0.0581. The summed E-state index contributed by atoms with van der Waals surface area (Å²) in [6.07, 6.45) is 4.03. The molecule has 2 unspecified atom stereocenters. The van der Waals surface area contributed by atoms with E-state index in [9.17, 15) is 0 Å². The Morgan fingerprint density at radius 2 is 1.32 bits per heavy atom. The van der Waals surface area contributed by atoms with Crippen LogP contribution in [-0.4, -0.2) is 38.5 Å². The van der Waals surface area contributed by atoms with Crippen LogP contribution >= 0.6 is 0 Å². The highest BCUT2D eigenvalue weighted by atomic mass is 16.5. The minimum atomic E-state index is 0.206. The van der Waals surface area contributed by atoms with Crippen LogP contribution in [0.25, 0.3) is 0 Å². The first kappa shape index (κ1) is 19.1. The van der Waals surface area contributed by atoms with Gasteiger partial charge in [0.2, 0.25) is 0 Å². The van der Waals surface area contributed by atoms with Crippen LogP contribution in [0.3, 0.4) is 0 Å². The zero-order chi connectivity index (χ0) is 16.2. The van der Waals surface area contributed by atoms with Crippen molar-refractivity contribution in [1.82, 2.24) is 0 Å². The van der Waals surface area contributed by atoms with Crippen LogP contribution in [0, 0.1) is 0 Å². The monoisotopic (exact) mass is 308 g/mol. The van der Waals surface area contributed by atoms with Gasteiger partial charge in [0.25, 0.3) is 0 Å². The average molecular weight is 308 g/mol. The molecule has 4 N–H and O–H groups in total. The van der Waals surface area contributed by atoms with E-state index in [-0.39, 0.29) is 12.2 Å². The fraction of sp³-hybridized carbons (Fsp3) is 0.667. The van der Waals surface area contributed by atoms with Crippen molar-refractivity contribution in [2.45, 2.75) is 51.7 Å². The van der Waals surface area contributed by atoms with Crippen molar-refractivity contribution in [3.8, 4) is 0 Å². The molecule has 0 saturated heterocycles. The molecule has 0 heterocycles. The lowest BCUT2D eigenvalue weighted by Crippen LogP contribution is -2.21. The van der Waals surface area contributed by atoms with Crippen LogP contribution in [0.15, 0.2) is 24.3 Å². The highest BCUT2D eigenvalue weighted by molar-refractivity contribution is 5.24. The van der Waals surface area contributed by atoms with Crippen molar-refractivity contribution in [1.29, 1.82) is 0 Å². The molecule has 0 bridgehead atoms. The maximum atomic E-state index is 5.76. The highest BCUT2D eigenvalue weighted by Crippen LogP contribution is 2.14. The zero-order valence-electron chi connectivity index (χ0n) is 14.1. The quantitative estimate of drug-likeness (QED) is 0.621. The summed E-state index contributed by atoms with van der Waals surface area (Å²) in [4.78, 5) is 0. The third-order valence-electron chi connectivity index (χ3n) is 3.70. The van der Waals surface area contributed by atoms with Crippen LogP contribution in [0.1, 0.15) is 37.8 Å². The molecule has 0 fully saturated rings. The van der Waals surface area contributed by atoms with Gasteiger partial charge in [0, 0.05) is 13.2 Å². The second kappa shape index (κ2) is 11.6. The predicted octanol–water partition coefficient (Wildman–Crippen LogP) is 2.28. The van der Waals surface area contributed by atoms with Gasteiger partial charge in [-0.25, -0.2) is 0 Å². The molecule has 4 nitrogen and oxygen atoms in total. The molecular formula is C18H32N2O2. The Morgan fingerprint density at radius 3 is 1.68 bits per heavy atom. The largest absolute Gasteiger partial charge is 0.378 e. The molecule has 0 aliphatic heterocycles. The van der Waals surface area contributed by atoms with Gasteiger partial charge in [-0.05, 0) is 63.7 Å². The summed E-state index contributed by atoms with van der Waals surface area (Å²) in [6, 6.07) is 8.68. The van der Waals surface area contributed by atoms with Crippen molar-refractivity contribution < 1.29 is 9.47 Å². The van der Waals surface area contributed by atoms with Crippen molar-refractivity contribution in [3.63, 3.8) is 0 Å². The molecule has 126 valence electrons. The van der Waals surface area contributed by atoms with Crippen LogP contribution < -0.4 is 11.5 Å². The van der Waals surface area contributed by atoms with Gasteiger partial charge >= 0.3 is 0 Å². The van der Waals surface area contributed by atoms with Gasteiger partial charge in [-0.1, -0.05) is 24.3 Å². The lowest BCUT2D eigenvalue weighted by Gasteiger charge is -2.18. The molecule has 0 radical (unpaired) electrons. The second-order valence-corrected chi connectivity index (χ2v) is 5.54. The molecule has 0 aromatic heterocycles. The standard InChI is InChI=1S/C18H32N2O2/c1-3-21-17(8-10-19)13-15-6-5-7-16(12-15)14-18(9-11-20)22-4-2/h5-7,12,17-18H,3-4,8-11,13-14,19-20H2,1-2H3. The molecule has 0 aliphatic rings. The Morgan fingerprint density at radius 1 is 0.864 bits per heavy atom. The number of nitrogens with two attached hydrogens (primary N) is 2. The Kier molecular flexibility index (Phi) is 10.1. The van der Waals surface area contributed by atoms with Crippen LogP contribution in [0.2, 0.25) is 0 Å². The van der Waals surface area contributed by atoms with E-state index in [4.69, 9.17) is 20.9 Å². The van der Waals surface area contributed by atoms with Gasteiger partial charge in [-0.2, -0.15) is 0 Å². The lowest BCUT2D eigenvalue weighted by atomic mass is 9.99. The smallest absolute Gasteiger partial charge is 0.0627 e. The second-order valence-electron chi connectivity index (χ2n) is 5.54. The normalized spacial score (nSPS) is 14.0. The third kappa shape index (κ3) is 7.36. The first-order valence-electron chi connectivity index (χ1n) is 8.44. The zero-order valence-corrected chi connectivity index (χ0v) is 14.1. The van der Waals surface area contributed by atoms with E-state index >= 15 is 0 Å². The van der Waals surface area contributed by atoms with Gasteiger partial charge in [0.05, 0.1) is 12.2 Å². The average Bonchev–Trinajstić information content (AvgIpc) is 2.49. The maximum absolute atomic E-state index is 5.76. The highest BCUT2D eigenvalue weighted by Gasteiger charge is 2.11. The Labute approximate surface area is 135 Å². The van der Waals surface area contributed by atoms with Gasteiger partial charge < -0.3 is 20.9 Å². The molecule has 1 aromatic rings. The van der Waals surface area contributed by atoms with E-state index in [1.165, 1.54) is 11.1 Å². The summed E-state index contributed by atoms with van der Waals surface area (Å²) >= 11 is 0. The molecular weight excluding hydrogens is 276 g/mol. The Balaban J connectivity index is 2.67. The summed E-state index contributed by atoms with van der Waals surface area (Å²) < 4.78 is 11.5. The fourth-order valence-corrected chi connectivity index (χ4v) is 2.74. The molecule has 0 spiro atoms. The number of hydrogen-bond acceptors (Lipinski definition) is 4. The number of ether oxygens (including phenoxy) is 2. The van der Waals surface area contributed by atoms with Crippen molar-refractivity contribution >= 4 is 0 Å². The van der Waals surface area contributed by atoms with Crippen molar-refractivity contribution in [3.05, 3.63) is 35.4 Å². The summed E-state index contributed by atoms with van der Waals surface area (Å²) in [7, 11) is 0. The molecule has 1 rings (SSSR count). The summed E-state index contributed by atoms with van der Waals surface area (Å²) in [5, 5.41) is 0. The minimum Gasteiger partial charge on any atom is -0.378 e. The Hall–Kier alpha value is -0.940. The predicted molar refractivity (Wildman–Crippen MR) is 92.0 cm³/mol. The van der Waals surface area contributed by atoms with Gasteiger partial charge in [0.1, 0.15) is 0 Å². The molecule has 1 aromatic carbocycles. The van der Waals surface area contributed by atoms with E-state index in [2.05, 4.69) is 24.3 Å². The maximum Gasteiger partial charge on any atom is 0.0627 e. The van der Waals surface area contributed by atoms with Crippen molar-refractivity contribution in [2.24, 2.45) is 11.5 Å². The van der Waals surface area contributed by atoms with Crippen molar-refractivity contribution in [2.75, 3.05) is 26.3 Å². The van der Waals surface area contributed by atoms with E-state index < -0.39 is 0 Å². The van der Waals surface area contributed by atoms with E-state index in [1.807, 2.05) is 13.8 Å². The van der Waals surface area contributed by atoms with Crippen LogP contribution in [-0.2, 0) is 22.3 Å². The summed E-state index contributed by atoms with van der Waals surface area (Å²) in [5.41, 5.74) is 13.9. The van der Waals surface area contributed by atoms with Crippen LogP contribution in [0.5, 0.6) is 0 Å². The Bertz CT molecular complexity index is 353. The number of hydrogen-bond donors (Lipinski definition) is 2. The molecule has 0 saturated carbocycles. The summed E-state index contributed by atoms with van der Waals surface area (Å²) in [6.45, 7) is 6.83. The topological polar surface area (TPSA) is 70.5 Å². The minimum absolute atomic E-state index is 0.206. The van der Waals surface area contributed by atoms with E-state index in [0.29, 0.717) is 13.1 Å². The van der Waals surface area contributed by atoms with Gasteiger partial charge in [0.15, 0.2) is 0 Å². The molecule has 0 aliphatic carbocycles. The SMILES string of the molecule is CCOC(CCN)Cc1cccc(CC(CCN)OCC)c1. The first-order chi connectivity index (χ1) is 10.7.